The van der Waals surface area contributed by atoms with Crippen LogP contribution in [0.2, 0.25) is 0 Å². The zero-order valence-corrected chi connectivity index (χ0v) is 13.2. The largest absolute Gasteiger partial charge is 0.493 e. The second kappa shape index (κ2) is 6.17. The number of hydrogen-bond acceptors (Lipinski definition) is 6. The van der Waals surface area contributed by atoms with Crippen molar-refractivity contribution in [2.24, 2.45) is 0 Å². The van der Waals surface area contributed by atoms with Crippen molar-refractivity contribution in [1.29, 1.82) is 0 Å². The molecule has 8 nitrogen and oxygen atoms in total. The number of nitrogens with zero attached hydrogens (tertiary/aromatic N) is 3. The Morgan fingerprint density at radius 1 is 1.36 bits per heavy atom. The predicted molar refractivity (Wildman–Crippen MR) is 80.0 cm³/mol. The van der Waals surface area contributed by atoms with E-state index >= 15 is 0 Å². The fraction of sp³-hybridized carbons (Fsp3) is 0.571. The first-order valence-corrected chi connectivity index (χ1v) is 7.02. The number of carbonyl (C=O) groups excluding carboxylic acids is 2. The third-order valence-electron chi connectivity index (χ3n) is 2.92. The van der Waals surface area contributed by atoms with E-state index in [0.29, 0.717) is 24.5 Å². The van der Waals surface area contributed by atoms with Crippen molar-refractivity contribution in [1.82, 2.24) is 10.2 Å². The standard InChI is InChI=1S/C14H20N4O4/c1-14(2,3)22-13(20)15-10-8-9(21-4)12(17-16-10)18-7-5-6-11(18)19/h8H,5-7H2,1-4H3,(H,15,16,20). The van der Waals surface area contributed by atoms with Crippen LogP contribution < -0.4 is 15.0 Å². The van der Waals surface area contributed by atoms with Gasteiger partial charge < -0.3 is 9.47 Å². The van der Waals surface area contributed by atoms with E-state index in [2.05, 4.69) is 15.5 Å². The molecule has 0 unspecified atom stereocenters. The molecule has 1 aromatic rings. The molecule has 8 heteroatoms. The van der Waals surface area contributed by atoms with Crippen molar-refractivity contribution in [3.8, 4) is 5.75 Å². The second-order valence-corrected chi connectivity index (χ2v) is 5.90. The molecule has 1 N–H and O–H groups in total. The van der Waals surface area contributed by atoms with E-state index in [-0.39, 0.29) is 11.7 Å². The first-order chi connectivity index (χ1) is 10.3. The van der Waals surface area contributed by atoms with Crippen LogP contribution in [0.5, 0.6) is 5.75 Å². The van der Waals surface area contributed by atoms with E-state index in [4.69, 9.17) is 9.47 Å². The fourth-order valence-electron chi connectivity index (χ4n) is 2.05. The third kappa shape index (κ3) is 3.84. The van der Waals surface area contributed by atoms with Crippen LogP contribution in [0.1, 0.15) is 33.6 Å². The van der Waals surface area contributed by atoms with E-state index in [9.17, 15) is 9.59 Å². The molecular weight excluding hydrogens is 288 g/mol. The Morgan fingerprint density at radius 2 is 2.09 bits per heavy atom. The number of carbonyl (C=O) groups is 2. The number of amides is 2. The summed E-state index contributed by atoms with van der Waals surface area (Å²) in [7, 11) is 1.47. The minimum Gasteiger partial charge on any atom is -0.493 e. The lowest BCUT2D eigenvalue weighted by molar-refractivity contribution is -0.117. The van der Waals surface area contributed by atoms with Gasteiger partial charge in [-0.15, -0.1) is 10.2 Å². The molecule has 2 heterocycles. The topological polar surface area (TPSA) is 93.7 Å². The van der Waals surface area contributed by atoms with E-state index in [1.807, 2.05) is 0 Å². The van der Waals surface area contributed by atoms with Crippen molar-refractivity contribution >= 4 is 23.6 Å². The normalized spacial score (nSPS) is 14.9. The van der Waals surface area contributed by atoms with Crippen molar-refractivity contribution in [2.75, 3.05) is 23.9 Å². The molecule has 22 heavy (non-hydrogen) atoms. The highest BCUT2D eigenvalue weighted by atomic mass is 16.6. The number of nitrogens with one attached hydrogen (secondary N) is 1. The van der Waals surface area contributed by atoms with Crippen LogP contribution in [0.3, 0.4) is 0 Å². The number of hydrogen-bond donors (Lipinski definition) is 1. The van der Waals surface area contributed by atoms with Crippen molar-refractivity contribution < 1.29 is 19.1 Å². The Labute approximate surface area is 128 Å². The van der Waals surface area contributed by atoms with Gasteiger partial charge >= 0.3 is 6.09 Å². The summed E-state index contributed by atoms with van der Waals surface area (Å²) >= 11 is 0. The number of methoxy groups -OCH3 is 1. The quantitative estimate of drug-likeness (QED) is 0.917. The summed E-state index contributed by atoms with van der Waals surface area (Å²) in [6.45, 7) is 5.88. The van der Waals surface area contributed by atoms with Crippen LogP contribution in [-0.2, 0) is 9.53 Å². The zero-order valence-electron chi connectivity index (χ0n) is 13.2. The summed E-state index contributed by atoms with van der Waals surface area (Å²) in [5.74, 6) is 0.915. The number of anilines is 2. The Morgan fingerprint density at radius 3 is 2.64 bits per heavy atom. The van der Waals surface area contributed by atoms with Gasteiger partial charge in [-0.1, -0.05) is 0 Å². The molecule has 1 fully saturated rings. The average Bonchev–Trinajstić information content (AvgIpc) is 2.82. The summed E-state index contributed by atoms with van der Waals surface area (Å²) in [5.41, 5.74) is -0.608. The fourth-order valence-corrected chi connectivity index (χ4v) is 2.05. The molecule has 0 atom stereocenters. The maximum atomic E-state index is 11.8. The minimum atomic E-state index is -0.631. The number of ether oxygens (including phenoxy) is 2. The van der Waals surface area contributed by atoms with E-state index in [1.54, 1.807) is 20.8 Å². The zero-order chi connectivity index (χ0) is 16.3. The molecule has 1 aliphatic rings. The predicted octanol–water partition coefficient (Wildman–Crippen LogP) is 1.96. The lowest BCUT2D eigenvalue weighted by Crippen LogP contribution is -2.28. The molecule has 1 saturated heterocycles. The molecule has 2 amide bonds. The van der Waals surface area contributed by atoms with E-state index in [0.717, 1.165) is 6.42 Å². The molecule has 2 rings (SSSR count). The van der Waals surface area contributed by atoms with E-state index < -0.39 is 11.7 Å². The Hall–Kier alpha value is -2.38. The van der Waals surface area contributed by atoms with Crippen LogP contribution in [0.25, 0.3) is 0 Å². The van der Waals surface area contributed by atoms with Crippen LogP contribution in [-0.4, -0.2) is 41.5 Å². The molecule has 0 bridgehead atoms. The van der Waals surface area contributed by atoms with Gasteiger partial charge in [0.15, 0.2) is 11.6 Å². The molecule has 0 radical (unpaired) electrons. The molecule has 120 valence electrons. The molecule has 0 saturated carbocycles. The highest BCUT2D eigenvalue weighted by Crippen LogP contribution is 2.30. The van der Waals surface area contributed by atoms with Crippen LogP contribution in [0.15, 0.2) is 6.07 Å². The maximum Gasteiger partial charge on any atom is 0.413 e. The molecule has 0 aromatic carbocycles. The summed E-state index contributed by atoms with van der Waals surface area (Å²) in [4.78, 5) is 25.0. The van der Waals surface area contributed by atoms with Gasteiger partial charge in [-0.05, 0) is 27.2 Å². The van der Waals surface area contributed by atoms with Gasteiger partial charge in [0.05, 0.1) is 7.11 Å². The molecule has 1 aliphatic heterocycles. The smallest absolute Gasteiger partial charge is 0.413 e. The Kier molecular flexibility index (Phi) is 4.48. The van der Waals surface area contributed by atoms with Gasteiger partial charge in [0.1, 0.15) is 5.60 Å². The summed E-state index contributed by atoms with van der Waals surface area (Å²) in [5, 5.41) is 10.4. The van der Waals surface area contributed by atoms with E-state index in [1.165, 1.54) is 18.1 Å². The first-order valence-electron chi connectivity index (χ1n) is 7.02. The Bertz CT molecular complexity index is 583. The lowest BCUT2D eigenvalue weighted by atomic mass is 10.2. The van der Waals surface area contributed by atoms with Crippen LogP contribution in [0, 0.1) is 0 Å². The highest BCUT2D eigenvalue weighted by molar-refractivity contribution is 5.95. The summed E-state index contributed by atoms with van der Waals surface area (Å²) in [6.07, 6.45) is 0.637. The Balaban J connectivity index is 2.15. The van der Waals surface area contributed by atoms with Crippen LogP contribution >= 0.6 is 0 Å². The van der Waals surface area contributed by atoms with Crippen molar-refractivity contribution in [3.63, 3.8) is 0 Å². The number of aromatic nitrogens is 2. The highest BCUT2D eigenvalue weighted by Gasteiger charge is 2.27. The van der Waals surface area contributed by atoms with Crippen LogP contribution in [0.4, 0.5) is 16.4 Å². The van der Waals surface area contributed by atoms with Gasteiger partial charge in [-0.2, -0.15) is 0 Å². The van der Waals surface area contributed by atoms with Gasteiger partial charge in [-0.3, -0.25) is 15.0 Å². The van der Waals surface area contributed by atoms with Crippen molar-refractivity contribution in [2.45, 2.75) is 39.2 Å². The SMILES string of the molecule is COc1cc(NC(=O)OC(C)(C)C)nnc1N1CCCC1=O. The monoisotopic (exact) mass is 308 g/mol. The van der Waals surface area contributed by atoms with Gasteiger partial charge in [0, 0.05) is 19.0 Å². The molecule has 1 aromatic heterocycles. The first kappa shape index (κ1) is 16.0. The summed E-state index contributed by atoms with van der Waals surface area (Å²) < 4.78 is 10.4. The van der Waals surface area contributed by atoms with Crippen molar-refractivity contribution in [3.05, 3.63) is 6.07 Å². The third-order valence-corrected chi connectivity index (χ3v) is 2.92. The average molecular weight is 308 g/mol. The molecular formula is C14H20N4O4. The lowest BCUT2D eigenvalue weighted by Gasteiger charge is -2.20. The van der Waals surface area contributed by atoms with Gasteiger partial charge in [0.25, 0.3) is 0 Å². The number of rotatable bonds is 3. The van der Waals surface area contributed by atoms with Gasteiger partial charge in [0.2, 0.25) is 11.7 Å². The molecule has 0 aliphatic carbocycles. The maximum absolute atomic E-state index is 11.8. The summed E-state index contributed by atoms with van der Waals surface area (Å²) in [6, 6.07) is 1.51. The van der Waals surface area contributed by atoms with Gasteiger partial charge in [-0.25, -0.2) is 4.79 Å². The second-order valence-electron chi connectivity index (χ2n) is 5.90. The molecule has 0 spiro atoms. The minimum absolute atomic E-state index is 0.0135.